The molecule has 0 radical (unpaired) electrons. The van der Waals surface area contributed by atoms with E-state index < -0.39 is 6.04 Å². The average Bonchev–Trinajstić information content (AvgIpc) is 2.89. The van der Waals surface area contributed by atoms with Gasteiger partial charge in [-0.2, -0.15) is 5.10 Å². The molecule has 1 aliphatic rings. The predicted molar refractivity (Wildman–Crippen MR) is 86.9 cm³/mol. The van der Waals surface area contributed by atoms with E-state index in [0.717, 1.165) is 12.8 Å². The summed E-state index contributed by atoms with van der Waals surface area (Å²) in [5.41, 5.74) is 0.631. The van der Waals surface area contributed by atoms with Crippen molar-refractivity contribution in [3.8, 4) is 5.69 Å². The zero-order valence-corrected chi connectivity index (χ0v) is 13.4. The molecule has 24 heavy (non-hydrogen) atoms. The second-order valence-electron chi connectivity index (χ2n) is 5.81. The third kappa shape index (κ3) is 3.37. The van der Waals surface area contributed by atoms with Gasteiger partial charge >= 0.3 is 0 Å². The molecule has 1 fully saturated rings. The Balaban J connectivity index is 1.82. The van der Waals surface area contributed by atoms with Crippen molar-refractivity contribution >= 4 is 11.8 Å². The van der Waals surface area contributed by atoms with Crippen LogP contribution < -0.4 is 16.2 Å². The van der Waals surface area contributed by atoms with Crippen molar-refractivity contribution < 1.29 is 9.59 Å². The van der Waals surface area contributed by atoms with Crippen LogP contribution in [-0.2, 0) is 11.8 Å². The highest BCUT2D eigenvalue weighted by Gasteiger charge is 2.23. The van der Waals surface area contributed by atoms with Crippen LogP contribution in [-0.4, -0.2) is 38.7 Å². The van der Waals surface area contributed by atoms with Gasteiger partial charge in [0.2, 0.25) is 5.91 Å². The lowest BCUT2D eigenvalue weighted by Crippen LogP contribution is -2.45. The topological polar surface area (TPSA) is 98.0 Å². The van der Waals surface area contributed by atoms with E-state index in [2.05, 4.69) is 15.7 Å². The molecule has 0 bridgehead atoms. The van der Waals surface area contributed by atoms with Gasteiger partial charge in [-0.05, 0) is 25.3 Å². The number of hydrogen-bond donors (Lipinski definition) is 2. The number of rotatable bonds is 3. The van der Waals surface area contributed by atoms with Crippen LogP contribution in [0.2, 0.25) is 0 Å². The van der Waals surface area contributed by atoms with Crippen LogP contribution in [0, 0.1) is 0 Å². The highest BCUT2D eigenvalue weighted by atomic mass is 16.2. The van der Waals surface area contributed by atoms with Crippen molar-refractivity contribution in [2.75, 3.05) is 6.54 Å². The van der Waals surface area contributed by atoms with Gasteiger partial charge in [0.25, 0.3) is 11.5 Å². The number of carbonyl (C=O) groups excluding carboxylic acids is 2. The molecule has 0 aliphatic carbocycles. The van der Waals surface area contributed by atoms with Crippen LogP contribution in [0.1, 0.15) is 29.6 Å². The van der Waals surface area contributed by atoms with Crippen molar-refractivity contribution in [2.45, 2.75) is 25.3 Å². The third-order valence-corrected chi connectivity index (χ3v) is 3.98. The lowest BCUT2D eigenvalue weighted by Gasteiger charge is -2.15. The van der Waals surface area contributed by atoms with E-state index in [1.165, 1.54) is 22.9 Å². The number of amides is 2. The standard InChI is InChI=1S/C16H19N5O3/c1-20-10-12(8-18-20)21-9-11(5-6-14(21)22)15(23)19-13-4-2-3-7-17-16(13)24/h5-6,8-10,13H,2-4,7H2,1H3,(H,17,24)(H,19,23). The van der Waals surface area contributed by atoms with Crippen molar-refractivity contribution in [2.24, 2.45) is 7.05 Å². The van der Waals surface area contributed by atoms with Crippen molar-refractivity contribution in [1.29, 1.82) is 0 Å². The van der Waals surface area contributed by atoms with Gasteiger partial charge in [0.1, 0.15) is 6.04 Å². The number of nitrogens with one attached hydrogen (secondary N) is 2. The summed E-state index contributed by atoms with van der Waals surface area (Å²) in [7, 11) is 1.75. The average molecular weight is 329 g/mol. The molecule has 8 heteroatoms. The fourth-order valence-electron chi connectivity index (χ4n) is 2.67. The third-order valence-electron chi connectivity index (χ3n) is 3.98. The molecule has 1 aliphatic heterocycles. The van der Waals surface area contributed by atoms with E-state index in [-0.39, 0.29) is 17.4 Å². The molecule has 1 unspecified atom stereocenters. The molecular formula is C16H19N5O3. The monoisotopic (exact) mass is 329 g/mol. The maximum Gasteiger partial charge on any atom is 0.255 e. The van der Waals surface area contributed by atoms with Crippen LogP contribution >= 0.6 is 0 Å². The molecule has 2 N–H and O–H groups in total. The lowest BCUT2D eigenvalue weighted by atomic mass is 10.1. The van der Waals surface area contributed by atoms with Gasteiger partial charge in [-0.25, -0.2) is 0 Å². The van der Waals surface area contributed by atoms with Crippen molar-refractivity contribution in [1.82, 2.24) is 25.0 Å². The van der Waals surface area contributed by atoms with Gasteiger partial charge in [0, 0.05) is 32.1 Å². The number of aryl methyl sites for hydroxylation is 1. The summed E-state index contributed by atoms with van der Waals surface area (Å²) in [6.45, 7) is 0.636. The minimum absolute atomic E-state index is 0.165. The lowest BCUT2D eigenvalue weighted by molar-refractivity contribution is -0.122. The number of pyridine rings is 1. The van der Waals surface area contributed by atoms with Crippen LogP contribution in [0.4, 0.5) is 0 Å². The van der Waals surface area contributed by atoms with Crippen molar-refractivity contribution in [3.05, 3.63) is 46.6 Å². The van der Waals surface area contributed by atoms with Crippen LogP contribution in [0.5, 0.6) is 0 Å². The highest BCUT2D eigenvalue weighted by molar-refractivity contribution is 5.97. The molecule has 126 valence electrons. The predicted octanol–water partition coefficient (Wildman–Crippen LogP) is -0.0305. The minimum atomic E-state index is -0.543. The van der Waals surface area contributed by atoms with E-state index in [1.807, 2.05) is 0 Å². The molecule has 8 nitrogen and oxygen atoms in total. The Morgan fingerprint density at radius 1 is 1.29 bits per heavy atom. The first-order valence-electron chi connectivity index (χ1n) is 7.85. The van der Waals surface area contributed by atoms with Gasteiger partial charge < -0.3 is 10.6 Å². The molecule has 2 aromatic heterocycles. The first kappa shape index (κ1) is 16.0. The Morgan fingerprint density at radius 3 is 2.88 bits per heavy atom. The Bertz CT molecular complexity index is 823. The van der Waals surface area contributed by atoms with Gasteiger partial charge in [-0.15, -0.1) is 0 Å². The largest absolute Gasteiger partial charge is 0.354 e. The maximum absolute atomic E-state index is 12.4. The van der Waals surface area contributed by atoms with Crippen molar-refractivity contribution in [3.63, 3.8) is 0 Å². The summed E-state index contributed by atoms with van der Waals surface area (Å²) >= 11 is 0. The molecule has 1 saturated heterocycles. The van der Waals surface area contributed by atoms with Gasteiger partial charge in [0.15, 0.2) is 0 Å². The summed E-state index contributed by atoms with van der Waals surface area (Å²) in [4.78, 5) is 36.4. The quantitative estimate of drug-likeness (QED) is 0.826. The highest BCUT2D eigenvalue weighted by Crippen LogP contribution is 2.08. The normalized spacial score (nSPS) is 17.9. The van der Waals surface area contributed by atoms with E-state index in [1.54, 1.807) is 24.1 Å². The minimum Gasteiger partial charge on any atom is -0.354 e. The number of nitrogens with zero attached hydrogens (tertiary/aromatic N) is 3. The van der Waals surface area contributed by atoms with Gasteiger partial charge in [-0.1, -0.05) is 0 Å². The first-order chi connectivity index (χ1) is 11.5. The zero-order valence-electron chi connectivity index (χ0n) is 13.4. The van der Waals surface area contributed by atoms with Crippen LogP contribution in [0.25, 0.3) is 5.69 Å². The SMILES string of the molecule is Cn1cc(-n2cc(C(=O)NC3CCCCNC3=O)ccc2=O)cn1. The second kappa shape index (κ2) is 6.69. The Morgan fingerprint density at radius 2 is 2.12 bits per heavy atom. The Hall–Kier alpha value is -2.90. The van der Waals surface area contributed by atoms with Crippen LogP contribution in [0.3, 0.4) is 0 Å². The molecule has 0 spiro atoms. The van der Waals surface area contributed by atoms with E-state index in [0.29, 0.717) is 24.2 Å². The smallest absolute Gasteiger partial charge is 0.255 e. The van der Waals surface area contributed by atoms with Crippen LogP contribution in [0.15, 0.2) is 35.5 Å². The summed E-state index contributed by atoms with van der Waals surface area (Å²) in [6, 6.07) is 2.24. The van der Waals surface area contributed by atoms with E-state index in [9.17, 15) is 14.4 Å². The molecule has 0 saturated carbocycles. The van der Waals surface area contributed by atoms with E-state index in [4.69, 9.17) is 0 Å². The van der Waals surface area contributed by atoms with Gasteiger partial charge in [0.05, 0.1) is 17.4 Å². The molecule has 0 aromatic carbocycles. The zero-order chi connectivity index (χ0) is 17.1. The fourth-order valence-corrected chi connectivity index (χ4v) is 2.67. The molecule has 1 atom stereocenters. The summed E-state index contributed by atoms with van der Waals surface area (Å²) in [6.07, 6.45) is 7.08. The second-order valence-corrected chi connectivity index (χ2v) is 5.81. The molecule has 2 aromatic rings. The number of aromatic nitrogens is 3. The van der Waals surface area contributed by atoms with Gasteiger partial charge in [-0.3, -0.25) is 23.6 Å². The first-order valence-corrected chi connectivity index (χ1v) is 7.85. The molecular weight excluding hydrogens is 310 g/mol. The maximum atomic E-state index is 12.4. The molecule has 2 amide bonds. The number of hydrogen-bond acceptors (Lipinski definition) is 4. The summed E-state index contributed by atoms with van der Waals surface area (Å²) in [5.74, 6) is -0.545. The fraction of sp³-hybridized carbons (Fsp3) is 0.375. The molecule has 3 rings (SSSR count). The Labute approximate surface area is 138 Å². The van der Waals surface area contributed by atoms with E-state index >= 15 is 0 Å². The summed E-state index contributed by atoms with van der Waals surface area (Å²) < 4.78 is 2.93. The number of carbonyl (C=O) groups is 2. The Kier molecular flexibility index (Phi) is 4.45. The molecule has 3 heterocycles. The summed E-state index contributed by atoms with van der Waals surface area (Å²) in [5, 5.41) is 9.55.